The van der Waals surface area contributed by atoms with Gasteiger partial charge < -0.3 is 10.1 Å². The van der Waals surface area contributed by atoms with Crippen molar-refractivity contribution in [3.8, 4) is 0 Å². The highest BCUT2D eigenvalue weighted by atomic mass is 19.1. The molecular weight excluding hydrogens is 293 g/mol. The molecule has 0 aromatic heterocycles. The Balaban J connectivity index is 1.84. The van der Waals surface area contributed by atoms with E-state index < -0.39 is 6.17 Å². The number of carbonyl (C=O) groups excluding carboxylic acids is 1. The van der Waals surface area contributed by atoms with E-state index in [1.165, 1.54) is 0 Å². The van der Waals surface area contributed by atoms with Crippen LogP contribution in [0.4, 0.5) is 4.39 Å². The maximum atomic E-state index is 13.9. The molecule has 23 heavy (non-hydrogen) atoms. The Morgan fingerprint density at radius 3 is 2.78 bits per heavy atom. The lowest BCUT2D eigenvalue weighted by atomic mass is 9.87. The fraction of sp³-hybridized carbons (Fsp3) is 0.316. The van der Waals surface area contributed by atoms with Gasteiger partial charge in [0.1, 0.15) is 6.17 Å². The fourth-order valence-corrected chi connectivity index (χ4v) is 3.14. The summed E-state index contributed by atoms with van der Waals surface area (Å²) in [4.78, 5) is 12.7. The zero-order valence-corrected chi connectivity index (χ0v) is 13.1. The Morgan fingerprint density at radius 1 is 1.26 bits per heavy atom. The van der Waals surface area contributed by atoms with Crippen molar-refractivity contribution in [1.82, 2.24) is 5.32 Å². The van der Waals surface area contributed by atoms with Gasteiger partial charge in [-0.15, -0.1) is 0 Å². The summed E-state index contributed by atoms with van der Waals surface area (Å²) >= 11 is 0. The molecule has 0 saturated heterocycles. The fourth-order valence-electron chi connectivity index (χ4n) is 3.14. The second-order valence-corrected chi connectivity index (χ2v) is 5.95. The summed E-state index contributed by atoms with van der Waals surface area (Å²) in [5.74, 6) is -0.200. The van der Waals surface area contributed by atoms with Crippen LogP contribution in [0.5, 0.6) is 0 Å². The van der Waals surface area contributed by atoms with Crippen molar-refractivity contribution in [2.75, 3.05) is 7.11 Å². The average Bonchev–Trinajstić information content (AvgIpc) is 2.57. The van der Waals surface area contributed by atoms with Gasteiger partial charge in [0.2, 0.25) is 0 Å². The highest BCUT2D eigenvalue weighted by molar-refractivity contribution is 6.07. The van der Waals surface area contributed by atoms with Crippen LogP contribution in [-0.4, -0.2) is 31.3 Å². The standard InChI is InChI=1S/C19H20FNO2/c1-12-10-18(23-2)17(11-16(12)20)21-19(22)15-9-5-7-13-6-3-4-8-14(13)15/h3-9,16-18H,1,10-11H2,2H3,(H,21,22). The summed E-state index contributed by atoms with van der Waals surface area (Å²) in [5, 5.41) is 4.83. The molecule has 0 heterocycles. The van der Waals surface area contributed by atoms with Gasteiger partial charge in [-0.05, 0) is 28.8 Å². The number of alkyl halides is 1. The third-order valence-corrected chi connectivity index (χ3v) is 4.47. The molecule has 1 saturated carbocycles. The van der Waals surface area contributed by atoms with Crippen molar-refractivity contribution >= 4 is 16.7 Å². The number of benzene rings is 2. The first-order valence-corrected chi connectivity index (χ1v) is 7.73. The quantitative estimate of drug-likeness (QED) is 0.879. The van der Waals surface area contributed by atoms with E-state index in [4.69, 9.17) is 4.74 Å². The molecule has 1 N–H and O–H groups in total. The number of fused-ring (bicyclic) bond motifs is 1. The average molecular weight is 313 g/mol. The summed E-state index contributed by atoms with van der Waals surface area (Å²) in [7, 11) is 1.58. The molecule has 1 aliphatic carbocycles. The molecule has 1 fully saturated rings. The van der Waals surface area contributed by atoms with Crippen LogP contribution in [-0.2, 0) is 4.74 Å². The van der Waals surface area contributed by atoms with Gasteiger partial charge in [-0.1, -0.05) is 43.0 Å². The number of amides is 1. The number of hydrogen-bond donors (Lipinski definition) is 1. The van der Waals surface area contributed by atoms with E-state index >= 15 is 0 Å². The van der Waals surface area contributed by atoms with Gasteiger partial charge in [0.05, 0.1) is 12.1 Å². The molecule has 0 radical (unpaired) electrons. The van der Waals surface area contributed by atoms with Gasteiger partial charge in [-0.25, -0.2) is 4.39 Å². The van der Waals surface area contributed by atoms with Gasteiger partial charge in [-0.2, -0.15) is 0 Å². The molecule has 4 heteroatoms. The smallest absolute Gasteiger partial charge is 0.252 e. The number of hydrogen-bond acceptors (Lipinski definition) is 2. The van der Waals surface area contributed by atoms with Crippen LogP contribution >= 0.6 is 0 Å². The van der Waals surface area contributed by atoms with Gasteiger partial charge in [0.15, 0.2) is 0 Å². The molecule has 2 aromatic carbocycles. The number of rotatable bonds is 3. The van der Waals surface area contributed by atoms with Crippen molar-refractivity contribution in [3.05, 3.63) is 60.2 Å². The highest BCUT2D eigenvalue weighted by Gasteiger charge is 2.34. The molecule has 0 aliphatic heterocycles. The van der Waals surface area contributed by atoms with Crippen LogP contribution in [0.15, 0.2) is 54.6 Å². The summed E-state index contributed by atoms with van der Waals surface area (Å²) < 4.78 is 19.3. The van der Waals surface area contributed by atoms with Crippen LogP contribution < -0.4 is 5.32 Å². The largest absolute Gasteiger partial charge is 0.379 e. The predicted molar refractivity (Wildman–Crippen MR) is 89.3 cm³/mol. The zero-order valence-electron chi connectivity index (χ0n) is 13.1. The van der Waals surface area contributed by atoms with Crippen LogP contribution in [0.2, 0.25) is 0 Å². The minimum Gasteiger partial charge on any atom is -0.379 e. The molecule has 0 spiro atoms. The van der Waals surface area contributed by atoms with Crippen molar-refractivity contribution in [2.24, 2.45) is 0 Å². The van der Waals surface area contributed by atoms with E-state index in [0.717, 1.165) is 10.8 Å². The zero-order chi connectivity index (χ0) is 16.4. The van der Waals surface area contributed by atoms with Crippen LogP contribution in [0, 0.1) is 0 Å². The highest BCUT2D eigenvalue weighted by Crippen LogP contribution is 2.28. The SMILES string of the molecule is C=C1CC(OC)C(NC(=O)c2cccc3ccccc23)CC1F. The third-order valence-electron chi connectivity index (χ3n) is 4.47. The van der Waals surface area contributed by atoms with E-state index in [9.17, 15) is 9.18 Å². The summed E-state index contributed by atoms with van der Waals surface area (Å²) in [6.07, 6.45) is -0.709. The Kier molecular flexibility index (Phi) is 4.44. The van der Waals surface area contributed by atoms with Gasteiger partial charge >= 0.3 is 0 Å². The predicted octanol–water partition coefficient (Wildman–Crippen LogP) is 3.64. The van der Waals surface area contributed by atoms with E-state index in [1.807, 2.05) is 36.4 Å². The van der Waals surface area contributed by atoms with E-state index in [1.54, 1.807) is 13.2 Å². The number of nitrogens with one attached hydrogen (secondary N) is 1. The molecule has 3 nitrogen and oxygen atoms in total. The lowest BCUT2D eigenvalue weighted by Crippen LogP contribution is -2.49. The molecular formula is C19H20FNO2. The van der Waals surface area contributed by atoms with E-state index in [-0.39, 0.29) is 24.5 Å². The maximum Gasteiger partial charge on any atom is 0.252 e. The van der Waals surface area contributed by atoms with Crippen LogP contribution in [0.3, 0.4) is 0 Å². The molecule has 120 valence electrons. The van der Waals surface area contributed by atoms with Crippen molar-refractivity contribution in [1.29, 1.82) is 0 Å². The number of methoxy groups -OCH3 is 1. The Bertz CT molecular complexity index is 738. The summed E-state index contributed by atoms with van der Waals surface area (Å²) in [6, 6.07) is 13.0. The maximum absolute atomic E-state index is 13.9. The van der Waals surface area contributed by atoms with E-state index in [2.05, 4.69) is 11.9 Å². The Morgan fingerprint density at radius 2 is 2.00 bits per heavy atom. The topological polar surface area (TPSA) is 38.3 Å². The molecule has 1 amide bonds. The molecule has 0 bridgehead atoms. The van der Waals surface area contributed by atoms with Crippen molar-refractivity contribution in [2.45, 2.75) is 31.2 Å². The number of halogens is 1. The second-order valence-electron chi connectivity index (χ2n) is 5.95. The van der Waals surface area contributed by atoms with Gasteiger partial charge in [0.25, 0.3) is 5.91 Å². The monoisotopic (exact) mass is 313 g/mol. The molecule has 1 aliphatic rings. The van der Waals surface area contributed by atoms with Crippen LogP contribution in [0.1, 0.15) is 23.2 Å². The van der Waals surface area contributed by atoms with Crippen LogP contribution in [0.25, 0.3) is 10.8 Å². The summed E-state index contributed by atoms with van der Waals surface area (Å²) in [5.41, 5.74) is 1.13. The molecule has 2 aromatic rings. The Hall–Kier alpha value is -2.20. The molecule has 3 atom stereocenters. The first kappa shape index (κ1) is 15.7. The second kappa shape index (κ2) is 6.50. The molecule has 3 unspecified atom stereocenters. The van der Waals surface area contributed by atoms with Crippen molar-refractivity contribution in [3.63, 3.8) is 0 Å². The number of ether oxygens (including phenoxy) is 1. The Labute approximate surface area is 135 Å². The molecule has 3 rings (SSSR count). The normalized spacial score (nSPS) is 24.6. The minimum atomic E-state index is -1.10. The van der Waals surface area contributed by atoms with Crippen molar-refractivity contribution < 1.29 is 13.9 Å². The van der Waals surface area contributed by atoms with E-state index in [0.29, 0.717) is 17.6 Å². The third kappa shape index (κ3) is 3.13. The van der Waals surface area contributed by atoms with Gasteiger partial charge in [-0.3, -0.25) is 4.79 Å². The lowest BCUT2D eigenvalue weighted by molar-refractivity contribution is 0.0385. The first-order valence-electron chi connectivity index (χ1n) is 7.73. The number of carbonyl (C=O) groups is 1. The summed E-state index contributed by atoms with van der Waals surface area (Å²) in [6.45, 7) is 3.74. The minimum absolute atomic E-state index is 0.200. The van der Waals surface area contributed by atoms with Gasteiger partial charge in [0, 0.05) is 19.1 Å². The first-order chi connectivity index (χ1) is 11.1. The lowest BCUT2D eigenvalue weighted by Gasteiger charge is -2.34.